The Labute approximate surface area is 161 Å². The van der Waals surface area contributed by atoms with Gasteiger partial charge >= 0.3 is 0 Å². The predicted octanol–water partition coefficient (Wildman–Crippen LogP) is 1.58. The van der Waals surface area contributed by atoms with Gasteiger partial charge in [-0.1, -0.05) is 49.8 Å². The van der Waals surface area contributed by atoms with Crippen LogP contribution in [0.1, 0.15) is 55.2 Å². The van der Waals surface area contributed by atoms with Gasteiger partial charge in [-0.2, -0.15) is 0 Å². The molecule has 8 heteroatoms. The van der Waals surface area contributed by atoms with Crippen LogP contribution in [0.25, 0.3) is 0 Å². The molecule has 7 nitrogen and oxygen atoms in total. The third-order valence-corrected chi connectivity index (χ3v) is 6.74. The van der Waals surface area contributed by atoms with Gasteiger partial charge in [-0.3, -0.25) is 10.2 Å². The van der Waals surface area contributed by atoms with Crippen molar-refractivity contribution in [3.05, 3.63) is 28.8 Å². The highest BCUT2D eigenvalue weighted by Crippen LogP contribution is 2.27. The number of aliphatic hydroxyl groups excluding tert-OH is 1. The van der Waals surface area contributed by atoms with E-state index in [2.05, 4.69) is 10.3 Å². The number of amides is 1. The van der Waals surface area contributed by atoms with Gasteiger partial charge in [0.05, 0.1) is 4.90 Å². The van der Waals surface area contributed by atoms with Gasteiger partial charge in [0.25, 0.3) is 15.9 Å². The van der Waals surface area contributed by atoms with Gasteiger partial charge < -0.3 is 10.8 Å². The molecule has 152 valence electrons. The molecule has 0 spiro atoms. The summed E-state index contributed by atoms with van der Waals surface area (Å²) in [7, 11) is -3.95. The molecule has 0 bridgehead atoms. The molecule has 1 aliphatic rings. The third kappa shape index (κ3) is 5.75. The molecule has 0 heterocycles. The van der Waals surface area contributed by atoms with Gasteiger partial charge in [-0.25, -0.2) is 8.42 Å². The summed E-state index contributed by atoms with van der Waals surface area (Å²) in [6.07, 6.45) is 4.71. The summed E-state index contributed by atoms with van der Waals surface area (Å²) in [5.41, 5.74) is 10.2. The molecule has 1 saturated carbocycles. The van der Waals surface area contributed by atoms with Crippen LogP contribution >= 0.6 is 0 Å². The van der Waals surface area contributed by atoms with Crippen molar-refractivity contribution in [3.8, 4) is 0 Å². The Balaban J connectivity index is 1.97. The van der Waals surface area contributed by atoms with E-state index in [1.807, 2.05) is 6.92 Å². The molecule has 0 aromatic heterocycles. The van der Waals surface area contributed by atoms with Crippen molar-refractivity contribution in [2.45, 2.75) is 76.3 Å². The third-order valence-electron chi connectivity index (χ3n) is 5.19. The second-order valence-corrected chi connectivity index (χ2v) is 9.29. The fraction of sp³-hybridized carbons (Fsp3) is 0.632. The summed E-state index contributed by atoms with van der Waals surface area (Å²) in [6.45, 7) is 5.28. The highest BCUT2D eigenvalue weighted by molar-refractivity contribution is 7.89. The molecule has 2 rings (SSSR count). The molecule has 0 aliphatic heterocycles. The molecule has 0 saturated heterocycles. The molecule has 1 aromatic carbocycles. The number of benzene rings is 1. The number of sulfonamides is 1. The smallest absolute Gasteiger partial charge is 0.265 e. The standard InChI is InChI=1S/C19H31N3O4S/c1-12-9-13(2)18(14(3)10-12)27(25,26)22-21-19(24)17(23)16(20)11-15-7-5-4-6-8-15/h9-10,15-17,22-23H,4-8,11,20H2,1-3H3,(H,21,24). The Bertz CT molecular complexity index is 750. The molecular weight excluding hydrogens is 366 g/mol. The number of nitrogens with two attached hydrogens (primary N) is 1. The Morgan fingerprint density at radius 1 is 1.19 bits per heavy atom. The lowest BCUT2D eigenvalue weighted by molar-refractivity contribution is -0.131. The highest BCUT2D eigenvalue weighted by atomic mass is 32.2. The summed E-state index contributed by atoms with van der Waals surface area (Å²) in [5, 5.41) is 10.2. The number of aryl methyl sites for hydroxylation is 3. The number of nitrogens with one attached hydrogen (secondary N) is 2. The van der Waals surface area contributed by atoms with Crippen LogP contribution < -0.4 is 16.0 Å². The first-order valence-electron chi connectivity index (χ1n) is 9.45. The maximum absolute atomic E-state index is 12.6. The van der Waals surface area contributed by atoms with Gasteiger partial charge in [-0.15, -0.1) is 4.83 Å². The summed E-state index contributed by atoms with van der Waals surface area (Å²) in [5.74, 6) is -0.435. The first kappa shape index (κ1) is 21.8. The van der Waals surface area contributed by atoms with E-state index in [4.69, 9.17) is 5.73 Å². The zero-order valence-electron chi connectivity index (χ0n) is 16.3. The summed E-state index contributed by atoms with van der Waals surface area (Å²) in [6, 6.07) is 2.80. The molecule has 1 amide bonds. The SMILES string of the molecule is Cc1cc(C)c(S(=O)(=O)NNC(=O)C(O)C(N)CC2CCCCC2)c(C)c1. The van der Waals surface area contributed by atoms with Crippen LogP contribution in [0.4, 0.5) is 0 Å². The second kappa shape index (κ2) is 9.14. The predicted molar refractivity (Wildman–Crippen MR) is 104 cm³/mol. The van der Waals surface area contributed by atoms with Crippen LogP contribution in [-0.2, 0) is 14.8 Å². The van der Waals surface area contributed by atoms with Crippen LogP contribution in [0.5, 0.6) is 0 Å². The van der Waals surface area contributed by atoms with E-state index in [1.54, 1.807) is 26.0 Å². The minimum Gasteiger partial charge on any atom is -0.382 e. The van der Waals surface area contributed by atoms with Gasteiger partial charge in [0.15, 0.2) is 0 Å². The van der Waals surface area contributed by atoms with E-state index in [0.717, 1.165) is 31.2 Å². The number of carbonyl (C=O) groups excluding carboxylic acids is 1. The fourth-order valence-corrected chi connectivity index (χ4v) is 5.27. The Hall–Kier alpha value is -1.48. The highest BCUT2D eigenvalue weighted by Gasteiger charge is 2.28. The molecule has 27 heavy (non-hydrogen) atoms. The number of rotatable bonds is 7. The summed E-state index contributed by atoms with van der Waals surface area (Å²) in [4.78, 5) is 14.4. The Kier molecular flexibility index (Phi) is 7.39. The van der Waals surface area contributed by atoms with E-state index < -0.39 is 28.1 Å². The van der Waals surface area contributed by atoms with Crippen molar-refractivity contribution in [2.24, 2.45) is 11.7 Å². The van der Waals surface area contributed by atoms with Gasteiger partial charge in [-0.05, 0) is 44.2 Å². The van der Waals surface area contributed by atoms with Crippen molar-refractivity contribution >= 4 is 15.9 Å². The number of hydrogen-bond donors (Lipinski definition) is 4. The quantitative estimate of drug-likeness (QED) is 0.521. The number of hydrogen-bond acceptors (Lipinski definition) is 5. The topological polar surface area (TPSA) is 122 Å². The van der Waals surface area contributed by atoms with E-state index in [1.165, 1.54) is 6.42 Å². The van der Waals surface area contributed by atoms with Gasteiger partial charge in [0, 0.05) is 6.04 Å². The van der Waals surface area contributed by atoms with E-state index in [0.29, 0.717) is 23.5 Å². The maximum Gasteiger partial charge on any atom is 0.265 e. The Morgan fingerprint density at radius 2 is 1.74 bits per heavy atom. The zero-order valence-corrected chi connectivity index (χ0v) is 17.1. The maximum atomic E-state index is 12.6. The van der Waals surface area contributed by atoms with E-state index in [-0.39, 0.29) is 4.90 Å². The van der Waals surface area contributed by atoms with Crippen LogP contribution in [0.15, 0.2) is 17.0 Å². The zero-order chi connectivity index (χ0) is 20.2. The minimum atomic E-state index is -3.95. The van der Waals surface area contributed by atoms with Crippen molar-refractivity contribution in [1.82, 2.24) is 10.3 Å². The summed E-state index contributed by atoms with van der Waals surface area (Å²) >= 11 is 0. The first-order valence-corrected chi connectivity index (χ1v) is 10.9. The lowest BCUT2D eigenvalue weighted by Gasteiger charge is -2.26. The van der Waals surface area contributed by atoms with Crippen LogP contribution in [0, 0.1) is 26.7 Å². The van der Waals surface area contributed by atoms with Crippen LogP contribution in [0.2, 0.25) is 0 Å². The number of carbonyl (C=O) groups is 1. The molecule has 1 fully saturated rings. The van der Waals surface area contributed by atoms with Crippen molar-refractivity contribution in [1.29, 1.82) is 0 Å². The average Bonchev–Trinajstić information content (AvgIpc) is 2.58. The lowest BCUT2D eigenvalue weighted by atomic mass is 9.84. The normalized spacial score (nSPS) is 18.1. The summed E-state index contributed by atoms with van der Waals surface area (Å²) < 4.78 is 25.1. The number of aliphatic hydroxyl groups is 1. The first-order chi connectivity index (χ1) is 12.6. The fourth-order valence-electron chi connectivity index (χ4n) is 3.96. The largest absolute Gasteiger partial charge is 0.382 e. The second-order valence-electron chi connectivity index (χ2n) is 7.67. The van der Waals surface area contributed by atoms with Crippen molar-refractivity contribution < 1.29 is 18.3 Å². The minimum absolute atomic E-state index is 0.120. The van der Waals surface area contributed by atoms with Crippen LogP contribution in [0.3, 0.4) is 0 Å². The van der Waals surface area contributed by atoms with Gasteiger partial charge in [0.1, 0.15) is 6.10 Å². The van der Waals surface area contributed by atoms with E-state index in [9.17, 15) is 18.3 Å². The van der Waals surface area contributed by atoms with Crippen molar-refractivity contribution in [2.75, 3.05) is 0 Å². The molecule has 2 unspecified atom stereocenters. The van der Waals surface area contributed by atoms with Gasteiger partial charge in [0.2, 0.25) is 0 Å². The molecule has 5 N–H and O–H groups in total. The lowest BCUT2D eigenvalue weighted by Crippen LogP contribution is -2.52. The monoisotopic (exact) mass is 397 g/mol. The molecular formula is C19H31N3O4S. The van der Waals surface area contributed by atoms with Crippen molar-refractivity contribution in [3.63, 3.8) is 0 Å². The molecule has 2 atom stereocenters. The average molecular weight is 398 g/mol. The van der Waals surface area contributed by atoms with Crippen LogP contribution in [-0.4, -0.2) is 31.6 Å². The molecule has 0 radical (unpaired) electrons. The molecule has 1 aliphatic carbocycles. The number of hydrazine groups is 1. The Morgan fingerprint density at radius 3 is 2.30 bits per heavy atom. The molecule has 1 aromatic rings. The van der Waals surface area contributed by atoms with E-state index >= 15 is 0 Å².